The molecule has 8 nitrogen and oxygen atoms in total. The number of benzene rings is 1. The lowest BCUT2D eigenvalue weighted by molar-refractivity contribution is -0.386. The molecule has 0 aliphatic carbocycles. The van der Waals surface area contributed by atoms with Gasteiger partial charge in [0.1, 0.15) is 11.3 Å². The molecule has 26 heavy (non-hydrogen) atoms. The van der Waals surface area contributed by atoms with E-state index in [1.54, 1.807) is 25.8 Å². The number of hydrogen-bond acceptors (Lipinski definition) is 6. The lowest BCUT2D eigenvalue weighted by atomic mass is 10.1. The number of carbonyl (C=O) groups is 1. The molecule has 2 aromatic rings. The smallest absolute Gasteiger partial charge is 0.346 e. The number of ether oxygens (including phenoxy) is 1. The number of amides is 1. The van der Waals surface area contributed by atoms with Crippen molar-refractivity contribution in [1.29, 1.82) is 0 Å². The molecule has 2 rings (SSSR count). The molecule has 0 saturated carbocycles. The van der Waals surface area contributed by atoms with Crippen LogP contribution in [0.5, 0.6) is 5.75 Å². The summed E-state index contributed by atoms with van der Waals surface area (Å²) in [7, 11) is 3.09. The van der Waals surface area contributed by atoms with E-state index in [9.17, 15) is 19.7 Å². The predicted octanol–water partition coefficient (Wildman–Crippen LogP) is 2.59. The minimum Gasteiger partial charge on any atom is -0.496 e. The molecule has 0 atom stereocenters. The monoisotopic (exact) mass is 377 g/mol. The number of aromatic nitrogens is 1. The Morgan fingerprint density at radius 1 is 1.38 bits per heavy atom. The van der Waals surface area contributed by atoms with Gasteiger partial charge in [0.15, 0.2) is 0 Å². The summed E-state index contributed by atoms with van der Waals surface area (Å²) in [4.78, 5) is 39.5. The first-order chi connectivity index (χ1) is 12.3. The number of H-pyrrole nitrogens is 1. The van der Waals surface area contributed by atoms with Crippen molar-refractivity contribution in [2.45, 2.75) is 18.4 Å². The van der Waals surface area contributed by atoms with Crippen LogP contribution in [-0.4, -0.2) is 41.1 Å². The zero-order valence-corrected chi connectivity index (χ0v) is 15.7. The standard InChI is InChI=1S/C17H19N3O5S/c1-10-7-12(15(20(23)24)16(21)18-10)17(22)19(2)9-11-5-6-14(26-4)13(8-11)25-3/h5-8H,9H2,1-4H3,(H,18,21). The number of nitrogens with one attached hydrogen (secondary N) is 1. The number of nitro groups is 1. The van der Waals surface area contributed by atoms with Crippen molar-refractivity contribution in [3.05, 3.63) is 61.6 Å². The Morgan fingerprint density at radius 3 is 2.65 bits per heavy atom. The van der Waals surface area contributed by atoms with Crippen LogP contribution in [0.4, 0.5) is 5.69 Å². The van der Waals surface area contributed by atoms with E-state index in [4.69, 9.17) is 4.74 Å². The molecule has 0 unspecified atom stereocenters. The molecule has 0 bridgehead atoms. The molecule has 138 valence electrons. The number of nitrogens with zero attached hydrogens (tertiary/aromatic N) is 2. The number of aromatic amines is 1. The maximum atomic E-state index is 12.7. The zero-order chi connectivity index (χ0) is 19.4. The van der Waals surface area contributed by atoms with Crippen molar-refractivity contribution in [3.63, 3.8) is 0 Å². The lowest BCUT2D eigenvalue weighted by Gasteiger charge is -2.18. The van der Waals surface area contributed by atoms with Crippen LogP contribution in [0.15, 0.2) is 34.0 Å². The van der Waals surface area contributed by atoms with Crippen LogP contribution in [0.25, 0.3) is 0 Å². The Balaban J connectivity index is 2.34. The zero-order valence-electron chi connectivity index (χ0n) is 14.9. The fourth-order valence-corrected chi connectivity index (χ4v) is 3.10. The minimum atomic E-state index is -0.891. The summed E-state index contributed by atoms with van der Waals surface area (Å²) in [6.07, 6.45) is 1.93. The highest BCUT2D eigenvalue weighted by atomic mass is 32.2. The molecule has 1 amide bonds. The minimum absolute atomic E-state index is 0.215. The summed E-state index contributed by atoms with van der Waals surface area (Å²) in [6, 6.07) is 6.87. The molecular weight excluding hydrogens is 358 g/mol. The molecule has 0 aliphatic heterocycles. The van der Waals surface area contributed by atoms with E-state index in [-0.39, 0.29) is 12.1 Å². The van der Waals surface area contributed by atoms with Crippen molar-refractivity contribution in [2.24, 2.45) is 0 Å². The topological polar surface area (TPSA) is 106 Å². The van der Waals surface area contributed by atoms with Gasteiger partial charge < -0.3 is 14.6 Å². The SMILES string of the molecule is COc1cc(CN(C)C(=O)c2cc(C)[nH]c(=O)c2[N+](=O)[O-])ccc1SC. The first-order valence-corrected chi connectivity index (χ1v) is 8.85. The van der Waals surface area contributed by atoms with Gasteiger partial charge in [-0.05, 0) is 36.9 Å². The fraction of sp³-hybridized carbons (Fsp3) is 0.294. The fourth-order valence-electron chi connectivity index (χ4n) is 2.56. The van der Waals surface area contributed by atoms with Gasteiger partial charge in [-0.15, -0.1) is 11.8 Å². The van der Waals surface area contributed by atoms with Crippen LogP contribution in [0.3, 0.4) is 0 Å². The average molecular weight is 377 g/mol. The van der Waals surface area contributed by atoms with Crippen molar-refractivity contribution in [3.8, 4) is 5.75 Å². The van der Waals surface area contributed by atoms with Gasteiger partial charge in [0.25, 0.3) is 5.91 Å². The van der Waals surface area contributed by atoms with Gasteiger partial charge in [0.2, 0.25) is 0 Å². The quantitative estimate of drug-likeness (QED) is 0.471. The average Bonchev–Trinajstić information content (AvgIpc) is 2.59. The van der Waals surface area contributed by atoms with Gasteiger partial charge in [0.05, 0.1) is 12.0 Å². The van der Waals surface area contributed by atoms with E-state index < -0.39 is 22.1 Å². The first kappa shape index (κ1) is 19.5. The second kappa shape index (κ2) is 8.05. The number of aryl methyl sites for hydroxylation is 1. The van der Waals surface area contributed by atoms with Crippen LogP contribution in [0, 0.1) is 17.0 Å². The second-order valence-electron chi connectivity index (χ2n) is 5.65. The summed E-state index contributed by atoms with van der Waals surface area (Å²) >= 11 is 1.54. The Kier molecular flexibility index (Phi) is 6.04. The highest BCUT2D eigenvalue weighted by Crippen LogP contribution is 2.29. The van der Waals surface area contributed by atoms with Gasteiger partial charge in [-0.2, -0.15) is 0 Å². The summed E-state index contributed by atoms with van der Waals surface area (Å²) in [6.45, 7) is 1.78. The number of pyridine rings is 1. The second-order valence-corrected chi connectivity index (χ2v) is 6.50. The Labute approximate surface area is 154 Å². The van der Waals surface area contributed by atoms with E-state index in [0.29, 0.717) is 11.4 Å². The molecule has 1 heterocycles. The number of carbonyl (C=O) groups excluding carboxylic acids is 1. The van der Waals surface area contributed by atoms with E-state index in [1.165, 1.54) is 18.0 Å². The highest BCUT2D eigenvalue weighted by molar-refractivity contribution is 7.98. The number of rotatable bonds is 6. The Hall–Kier alpha value is -2.81. The van der Waals surface area contributed by atoms with Crippen LogP contribution in [0.1, 0.15) is 21.6 Å². The van der Waals surface area contributed by atoms with Crippen molar-refractivity contribution in [2.75, 3.05) is 20.4 Å². The third-order valence-corrected chi connectivity index (χ3v) is 4.55. The number of hydrogen-bond donors (Lipinski definition) is 1. The first-order valence-electron chi connectivity index (χ1n) is 7.63. The van der Waals surface area contributed by atoms with Crippen LogP contribution in [0.2, 0.25) is 0 Å². The maximum Gasteiger partial charge on any atom is 0.346 e. The van der Waals surface area contributed by atoms with Crippen molar-refractivity contribution >= 4 is 23.4 Å². The third kappa shape index (κ3) is 4.05. The summed E-state index contributed by atoms with van der Waals surface area (Å²) in [5.41, 5.74) is -0.685. The molecule has 1 aromatic heterocycles. The molecule has 0 saturated heterocycles. The largest absolute Gasteiger partial charge is 0.496 e. The Morgan fingerprint density at radius 2 is 2.08 bits per heavy atom. The molecule has 0 radical (unpaired) electrons. The van der Waals surface area contributed by atoms with Gasteiger partial charge in [-0.3, -0.25) is 19.7 Å². The summed E-state index contributed by atoms with van der Waals surface area (Å²) in [5, 5.41) is 11.2. The van der Waals surface area contributed by atoms with Gasteiger partial charge >= 0.3 is 11.2 Å². The third-order valence-electron chi connectivity index (χ3n) is 3.77. The van der Waals surface area contributed by atoms with Crippen molar-refractivity contribution in [1.82, 2.24) is 9.88 Å². The van der Waals surface area contributed by atoms with Gasteiger partial charge in [-0.25, -0.2) is 0 Å². The molecule has 1 N–H and O–H groups in total. The maximum absolute atomic E-state index is 12.7. The number of methoxy groups -OCH3 is 1. The molecule has 0 fully saturated rings. The molecule has 0 spiro atoms. The lowest BCUT2D eigenvalue weighted by Crippen LogP contribution is -2.29. The van der Waals surface area contributed by atoms with Crippen LogP contribution >= 0.6 is 11.8 Å². The number of thioether (sulfide) groups is 1. The molecule has 1 aromatic carbocycles. The van der Waals surface area contributed by atoms with E-state index in [0.717, 1.165) is 10.5 Å². The van der Waals surface area contributed by atoms with E-state index >= 15 is 0 Å². The highest BCUT2D eigenvalue weighted by Gasteiger charge is 2.27. The van der Waals surface area contributed by atoms with Gasteiger partial charge in [-0.1, -0.05) is 6.07 Å². The normalized spacial score (nSPS) is 10.5. The summed E-state index contributed by atoms with van der Waals surface area (Å²) in [5.74, 6) is 0.0904. The molecule has 0 aliphatic rings. The molecular formula is C17H19N3O5S. The van der Waals surface area contributed by atoms with E-state index in [2.05, 4.69) is 4.98 Å². The van der Waals surface area contributed by atoms with Gasteiger partial charge in [0, 0.05) is 24.2 Å². The van der Waals surface area contributed by atoms with E-state index in [1.807, 2.05) is 24.5 Å². The Bertz CT molecular complexity index is 910. The summed E-state index contributed by atoms with van der Waals surface area (Å²) < 4.78 is 5.33. The van der Waals surface area contributed by atoms with Crippen molar-refractivity contribution < 1.29 is 14.5 Å². The van der Waals surface area contributed by atoms with Crippen LogP contribution < -0.4 is 10.3 Å². The van der Waals surface area contributed by atoms with Crippen LogP contribution in [-0.2, 0) is 6.54 Å². The predicted molar refractivity (Wildman–Crippen MR) is 99.0 cm³/mol. The molecule has 9 heteroatoms.